The Morgan fingerprint density at radius 3 is 2.62 bits per heavy atom. The summed E-state index contributed by atoms with van der Waals surface area (Å²) < 4.78 is 12.4. The highest BCUT2D eigenvalue weighted by atomic mass is 19.1. The van der Waals surface area contributed by atoms with E-state index in [1.807, 2.05) is 30.3 Å². The number of carbonyl (C=O) groups excluding carboxylic acids is 1. The summed E-state index contributed by atoms with van der Waals surface area (Å²) in [7, 11) is 0. The summed E-state index contributed by atoms with van der Waals surface area (Å²) in [5, 5.41) is 8.84. The predicted octanol–water partition coefficient (Wildman–Crippen LogP) is 1.13. The SMILES string of the molecule is N[C@H](CF)Cc1ccc(C2=CCN(C(=O)CO)CC2)cc1. The number of nitrogens with zero attached hydrogens (tertiary/aromatic N) is 1. The molecule has 21 heavy (non-hydrogen) atoms. The molecule has 0 aromatic heterocycles. The van der Waals surface area contributed by atoms with Crippen LogP contribution >= 0.6 is 0 Å². The first-order chi connectivity index (χ1) is 10.1. The van der Waals surface area contributed by atoms with Crippen LogP contribution in [-0.2, 0) is 11.2 Å². The third-order valence-electron chi connectivity index (χ3n) is 3.72. The van der Waals surface area contributed by atoms with Crippen molar-refractivity contribution in [3.63, 3.8) is 0 Å². The monoisotopic (exact) mass is 292 g/mol. The lowest BCUT2D eigenvalue weighted by molar-refractivity contribution is -0.133. The third kappa shape index (κ3) is 4.12. The van der Waals surface area contributed by atoms with Crippen molar-refractivity contribution in [3.05, 3.63) is 41.5 Å². The fourth-order valence-electron chi connectivity index (χ4n) is 2.47. The molecule has 1 aliphatic heterocycles. The van der Waals surface area contributed by atoms with Crippen molar-refractivity contribution in [2.45, 2.75) is 18.9 Å². The van der Waals surface area contributed by atoms with E-state index in [2.05, 4.69) is 0 Å². The van der Waals surface area contributed by atoms with Crippen LogP contribution in [0, 0.1) is 0 Å². The quantitative estimate of drug-likeness (QED) is 0.855. The zero-order chi connectivity index (χ0) is 15.2. The minimum absolute atomic E-state index is 0.235. The van der Waals surface area contributed by atoms with Gasteiger partial charge in [-0.05, 0) is 29.5 Å². The molecule has 1 amide bonds. The molecule has 4 nitrogen and oxygen atoms in total. The van der Waals surface area contributed by atoms with Crippen molar-refractivity contribution in [2.24, 2.45) is 5.73 Å². The molecule has 0 unspecified atom stereocenters. The smallest absolute Gasteiger partial charge is 0.248 e. The predicted molar refractivity (Wildman–Crippen MR) is 80.4 cm³/mol. The maximum Gasteiger partial charge on any atom is 0.248 e. The van der Waals surface area contributed by atoms with Crippen molar-refractivity contribution in [1.29, 1.82) is 0 Å². The number of nitrogens with two attached hydrogens (primary N) is 1. The molecule has 0 fully saturated rings. The van der Waals surface area contributed by atoms with Crippen LogP contribution in [0.25, 0.3) is 5.57 Å². The molecule has 0 saturated heterocycles. The molecular weight excluding hydrogens is 271 g/mol. The molecule has 2 rings (SSSR count). The summed E-state index contributed by atoms with van der Waals surface area (Å²) in [6.07, 6.45) is 3.32. The minimum Gasteiger partial charge on any atom is -0.387 e. The van der Waals surface area contributed by atoms with E-state index in [0.717, 1.165) is 17.5 Å². The summed E-state index contributed by atoms with van der Waals surface area (Å²) >= 11 is 0. The van der Waals surface area contributed by atoms with Gasteiger partial charge in [-0.1, -0.05) is 30.3 Å². The van der Waals surface area contributed by atoms with Gasteiger partial charge in [-0.2, -0.15) is 0 Å². The average Bonchev–Trinajstić information content (AvgIpc) is 2.55. The Morgan fingerprint density at radius 1 is 1.38 bits per heavy atom. The van der Waals surface area contributed by atoms with Gasteiger partial charge in [0.15, 0.2) is 0 Å². The molecule has 5 heteroatoms. The van der Waals surface area contributed by atoms with Gasteiger partial charge >= 0.3 is 0 Å². The fraction of sp³-hybridized carbons (Fsp3) is 0.438. The fourth-order valence-corrected chi connectivity index (χ4v) is 2.47. The van der Waals surface area contributed by atoms with Gasteiger partial charge in [0, 0.05) is 19.1 Å². The lowest BCUT2D eigenvalue weighted by Gasteiger charge is -2.26. The largest absolute Gasteiger partial charge is 0.387 e. The van der Waals surface area contributed by atoms with Crippen molar-refractivity contribution in [1.82, 2.24) is 4.90 Å². The lowest BCUT2D eigenvalue weighted by Crippen LogP contribution is -2.36. The van der Waals surface area contributed by atoms with Crippen LogP contribution in [0.4, 0.5) is 4.39 Å². The first-order valence-electron chi connectivity index (χ1n) is 7.12. The van der Waals surface area contributed by atoms with Gasteiger partial charge in [-0.15, -0.1) is 0 Å². The third-order valence-corrected chi connectivity index (χ3v) is 3.72. The van der Waals surface area contributed by atoms with Gasteiger partial charge in [-0.25, -0.2) is 4.39 Å². The van der Waals surface area contributed by atoms with Crippen molar-refractivity contribution in [2.75, 3.05) is 26.4 Å². The second kappa shape index (κ2) is 7.33. The Labute approximate surface area is 124 Å². The Hall–Kier alpha value is -1.72. The van der Waals surface area contributed by atoms with Gasteiger partial charge in [0.05, 0.1) is 0 Å². The van der Waals surface area contributed by atoms with E-state index < -0.39 is 19.3 Å². The highest BCUT2D eigenvalue weighted by Crippen LogP contribution is 2.23. The van der Waals surface area contributed by atoms with E-state index in [9.17, 15) is 9.18 Å². The Kier molecular flexibility index (Phi) is 5.47. The summed E-state index contributed by atoms with van der Waals surface area (Å²) in [5.41, 5.74) is 8.93. The number of halogens is 1. The maximum atomic E-state index is 12.4. The normalized spacial score (nSPS) is 16.5. The molecular formula is C16H21FN2O2. The summed E-state index contributed by atoms with van der Waals surface area (Å²) in [6, 6.07) is 7.52. The number of carbonyl (C=O) groups is 1. The second-order valence-corrected chi connectivity index (χ2v) is 5.29. The van der Waals surface area contributed by atoms with Crippen molar-refractivity contribution >= 4 is 11.5 Å². The summed E-state index contributed by atoms with van der Waals surface area (Å²) in [5.74, 6) is -0.235. The van der Waals surface area contributed by atoms with E-state index >= 15 is 0 Å². The Balaban J connectivity index is 2.00. The molecule has 0 bridgehead atoms. The molecule has 1 aromatic carbocycles. The summed E-state index contributed by atoms with van der Waals surface area (Å²) in [6.45, 7) is 0.206. The molecule has 3 N–H and O–H groups in total. The zero-order valence-electron chi connectivity index (χ0n) is 12.0. The minimum atomic E-state index is -0.512. The lowest BCUT2D eigenvalue weighted by atomic mass is 9.97. The molecule has 114 valence electrons. The van der Waals surface area contributed by atoms with Gasteiger partial charge < -0.3 is 15.7 Å². The van der Waals surface area contributed by atoms with E-state index in [0.29, 0.717) is 19.5 Å². The Morgan fingerprint density at radius 2 is 2.10 bits per heavy atom. The van der Waals surface area contributed by atoms with Gasteiger partial charge in [0.25, 0.3) is 0 Å². The number of amides is 1. The number of hydrogen-bond acceptors (Lipinski definition) is 3. The molecule has 1 aliphatic rings. The van der Waals surface area contributed by atoms with E-state index in [4.69, 9.17) is 10.8 Å². The Bertz CT molecular complexity index is 514. The van der Waals surface area contributed by atoms with Crippen LogP contribution in [0.1, 0.15) is 17.5 Å². The first-order valence-corrected chi connectivity index (χ1v) is 7.12. The molecule has 1 atom stereocenters. The van der Waals surface area contributed by atoms with Crippen LogP contribution in [0.5, 0.6) is 0 Å². The average molecular weight is 292 g/mol. The molecule has 0 radical (unpaired) electrons. The maximum absolute atomic E-state index is 12.4. The number of benzene rings is 1. The van der Waals surface area contributed by atoms with E-state index in [1.54, 1.807) is 4.90 Å². The van der Waals surface area contributed by atoms with E-state index in [1.165, 1.54) is 5.57 Å². The van der Waals surface area contributed by atoms with Gasteiger partial charge in [0.1, 0.15) is 13.3 Å². The highest BCUT2D eigenvalue weighted by molar-refractivity contribution is 5.79. The van der Waals surface area contributed by atoms with Crippen LogP contribution in [0.3, 0.4) is 0 Å². The van der Waals surface area contributed by atoms with Gasteiger partial charge in [-0.3, -0.25) is 4.79 Å². The number of alkyl halides is 1. The number of aliphatic hydroxyl groups is 1. The number of aliphatic hydroxyl groups excluding tert-OH is 1. The van der Waals surface area contributed by atoms with Crippen molar-refractivity contribution < 1.29 is 14.3 Å². The molecule has 0 saturated carbocycles. The second-order valence-electron chi connectivity index (χ2n) is 5.29. The van der Waals surface area contributed by atoms with Crippen molar-refractivity contribution in [3.8, 4) is 0 Å². The molecule has 0 spiro atoms. The number of hydrogen-bond donors (Lipinski definition) is 2. The number of rotatable bonds is 5. The zero-order valence-corrected chi connectivity index (χ0v) is 12.0. The van der Waals surface area contributed by atoms with Crippen LogP contribution < -0.4 is 5.73 Å². The standard InChI is InChI=1S/C16H21FN2O2/c17-10-15(18)9-12-1-3-13(4-2-12)14-5-7-19(8-6-14)16(21)11-20/h1-5,15,20H,6-11,18H2/t15-/m0/s1. The van der Waals surface area contributed by atoms with Crippen LogP contribution in [-0.4, -0.2) is 48.3 Å². The summed E-state index contributed by atoms with van der Waals surface area (Å²) in [4.78, 5) is 13.0. The highest BCUT2D eigenvalue weighted by Gasteiger charge is 2.16. The topological polar surface area (TPSA) is 66.6 Å². The van der Waals surface area contributed by atoms with Crippen LogP contribution in [0.15, 0.2) is 30.3 Å². The molecule has 1 heterocycles. The van der Waals surface area contributed by atoms with E-state index in [-0.39, 0.29) is 5.91 Å². The first kappa shape index (κ1) is 15.7. The molecule has 0 aliphatic carbocycles. The van der Waals surface area contributed by atoms with Gasteiger partial charge in [0.2, 0.25) is 5.91 Å². The molecule has 1 aromatic rings. The van der Waals surface area contributed by atoms with Crippen LogP contribution in [0.2, 0.25) is 0 Å².